The smallest absolute Gasteiger partial charge is 0.282 e. The average molecular weight is 342 g/mol. The van der Waals surface area contributed by atoms with E-state index in [-0.39, 0.29) is 0 Å². The molecule has 1 aromatic heterocycles. The standard InChI is InChI=1S/C15H26N4O3S/c1-14-12-15(22-16-14)13-17-8-10-19(11-9-17)23(20,21)18-6-4-2-3-5-7-18/h12H,2-11,13H2,1H3. The second-order valence-corrected chi connectivity index (χ2v) is 8.36. The topological polar surface area (TPSA) is 69.9 Å². The van der Waals surface area contributed by atoms with E-state index < -0.39 is 10.2 Å². The second-order valence-electron chi connectivity index (χ2n) is 6.43. The Morgan fingerprint density at radius 1 is 1.00 bits per heavy atom. The van der Waals surface area contributed by atoms with Crippen LogP contribution in [0.1, 0.15) is 37.1 Å². The normalized spacial score (nSPS) is 23.0. The van der Waals surface area contributed by atoms with Crippen LogP contribution in [0.15, 0.2) is 10.6 Å². The first-order chi connectivity index (χ1) is 11.1. The highest BCUT2D eigenvalue weighted by Gasteiger charge is 2.32. The quantitative estimate of drug-likeness (QED) is 0.823. The van der Waals surface area contributed by atoms with Crippen molar-refractivity contribution < 1.29 is 12.9 Å². The molecule has 130 valence electrons. The van der Waals surface area contributed by atoms with Gasteiger partial charge in [0.1, 0.15) is 0 Å². The first-order valence-corrected chi connectivity index (χ1v) is 9.85. The third kappa shape index (κ3) is 4.12. The molecule has 1 aromatic rings. The molecule has 7 nitrogen and oxygen atoms in total. The lowest BCUT2D eigenvalue weighted by molar-refractivity contribution is 0.160. The van der Waals surface area contributed by atoms with Gasteiger partial charge in [-0.05, 0) is 19.8 Å². The highest BCUT2D eigenvalue weighted by Crippen LogP contribution is 2.18. The van der Waals surface area contributed by atoms with Crippen LogP contribution in [-0.4, -0.2) is 66.4 Å². The Bertz CT molecular complexity index is 600. The molecule has 0 saturated carbocycles. The molecule has 3 heterocycles. The lowest BCUT2D eigenvalue weighted by atomic mass is 10.2. The fourth-order valence-electron chi connectivity index (χ4n) is 3.27. The monoisotopic (exact) mass is 342 g/mol. The third-order valence-corrected chi connectivity index (χ3v) is 6.64. The Balaban J connectivity index is 1.55. The maximum absolute atomic E-state index is 12.8. The van der Waals surface area contributed by atoms with E-state index in [4.69, 9.17) is 4.52 Å². The Labute approximate surface area is 138 Å². The zero-order valence-corrected chi connectivity index (χ0v) is 14.6. The maximum atomic E-state index is 12.8. The zero-order valence-electron chi connectivity index (χ0n) is 13.8. The minimum Gasteiger partial charge on any atom is -0.360 e. The molecular formula is C15H26N4O3S. The second kappa shape index (κ2) is 7.29. The van der Waals surface area contributed by atoms with Gasteiger partial charge >= 0.3 is 0 Å². The van der Waals surface area contributed by atoms with Crippen LogP contribution < -0.4 is 0 Å². The Morgan fingerprint density at radius 3 is 2.17 bits per heavy atom. The molecule has 2 aliphatic heterocycles. The van der Waals surface area contributed by atoms with Gasteiger partial charge in [0.15, 0.2) is 5.76 Å². The van der Waals surface area contributed by atoms with E-state index in [0.717, 1.165) is 50.2 Å². The molecule has 2 fully saturated rings. The fraction of sp³-hybridized carbons (Fsp3) is 0.800. The molecule has 0 amide bonds. The van der Waals surface area contributed by atoms with Crippen molar-refractivity contribution in [3.8, 4) is 0 Å². The Morgan fingerprint density at radius 2 is 1.61 bits per heavy atom. The molecule has 23 heavy (non-hydrogen) atoms. The molecule has 0 spiro atoms. The van der Waals surface area contributed by atoms with Crippen molar-refractivity contribution in [3.05, 3.63) is 17.5 Å². The number of aromatic nitrogens is 1. The van der Waals surface area contributed by atoms with Gasteiger partial charge in [-0.3, -0.25) is 4.90 Å². The molecular weight excluding hydrogens is 316 g/mol. The summed E-state index contributed by atoms with van der Waals surface area (Å²) in [7, 11) is -3.30. The summed E-state index contributed by atoms with van der Waals surface area (Å²) >= 11 is 0. The van der Waals surface area contributed by atoms with Gasteiger partial charge in [-0.2, -0.15) is 17.0 Å². The molecule has 0 unspecified atom stereocenters. The van der Waals surface area contributed by atoms with Crippen LogP contribution in [0.25, 0.3) is 0 Å². The van der Waals surface area contributed by atoms with Gasteiger partial charge in [-0.15, -0.1) is 0 Å². The average Bonchev–Trinajstić information content (AvgIpc) is 2.79. The zero-order chi connectivity index (χ0) is 16.3. The van der Waals surface area contributed by atoms with Crippen molar-refractivity contribution in [1.82, 2.24) is 18.7 Å². The highest BCUT2D eigenvalue weighted by molar-refractivity contribution is 7.86. The lowest BCUT2D eigenvalue weighted by Gasteiger charge is -2.36. The molecule has 0 radical (unpaired) electrons. The number of rotatable bonds is 4. The molecule has 2 saturated heterocycles. The van der Waals surface area contributed by atoms with Crippen LogP contribution in [0.5, 0.6) is 0 Å². The van der Waals surface area contributed by atoms with Crippen molar-refractivity contribution in [2.45, 2.75) is 39.2 Å². The molecule has 8 heteroatoms. The third-order valence-electron chi connectivity index (χ3n) is 4.61. The van der Waals surface area contributed by atoms with E-state index >= 15 is 0 Å². The van der Waals surface area contributed by atoms with Crippen molar-refractivity contribution in [2.24, 2.45) is 0 Å². The molecule has 0 bridgehead atoms. The molecule has 0 atom stereocenters. The summed E-state index contributed by atoms with van der Waals surface area (Å²) in [6, 6.07) is 1.93. The highest BCUT2D eigenvalue weighted by atomic mass is 32.2. The van der Waals surface area contributed by atoms with Gasteiger partial charge in [0.25, 0.3) is 10.2 Å². The summed E-state index contributed by atoms with van der Waals surface area (Å²) in [5.74, 6) is 0.839. The van der Waals surface area contributed by atoms with Gasteiger partial charge in [-0.1, -0.05) is 18.0 Å². The van der Waals surface area contributed by atoms with E-state index in [1.165, 1.54) is 0 Å². The first-order valence-electron chi connectivity index (χ1n) is 8.45. The maximum Gasteiger partial charge on any atom is 0.282 e. The molecule has 2 aliphatic rings. The predicted octanol–water partition coefficient (Wildman–Crippen LogP) is 1.22. The number of hydrogen-bond acceptors (Lipinski definition) is 5. The molecule has 0 N–H and O–H groups in total. The largest absolute Gasteiger partial charge is 0.360 e. The van der Waals surface area contributed by atoms with Gasteiger partial charge in [-0.25, -0.2) is 0 Å². The van der Waals surface area contributed by atoms with E-state index in [9.17, 15) is 8.42 Å². The Hall–Kier alpha value is -0.960. The number of aryl methyl sites for hydroxylation is 1. The SMILES string of the molecule is Cc1cc(CN2CCN(S(=O)(=O)N3CCCCCC3)CC2)on1. The van der Waals surface area contributed by atoms with Crippen molar-refractivity contribution >= 4 is 10.2 Å². The minimum atomic E-state index is -3.30. The van der Waals surface area contributed by atoms with Crippen LogP contribution >= 0.6 is 0 Å². The first kappa shape index (κ1) is 16.9. The van der Waals surface area contributed by atoms with Crippen molar-refractivity contribution in [3.63, 3.8) is 0 Å². The summed E-state index contributed by atoms with van der Waals surface area (Å²) < 4.78 is 34.1. The van der Waals surface area contributed by atoms with Crippen LogP contribution in [0, 0.1) is 6.92 Å². The van der Waals surface area contributed by atoms with Crippen molar-refractivity contribution in [1.29, 1.82) is 0 Å². The summed E-state index contributed by atoms with van der Waals surface area (Å²) in [6.07, 6.45) is 4.22. The van der Waals surface area contributed by atoms with E-state index in [1.54, 1.807) is 8.61 Å². The van der Waals surface area contributed by atoms with Crippen LogP contribution in [0.4, 0.5) is 0 Å². The summed E-state index contributed by atoms with van der Waals surface area (Å²) in [5, 5.41) is 3.89. The number of hydrogen-bond donors (Lipinski definition) is 0. The Kier molecular flexibility index (Phi) is 5.35. The summed E-state index contributed by atoms with van der Waals surface area (Å²) in [4.78, 5) is 2.22. The van der Waals surface area contributed by atoms with Crippen molar-refractivity contribution in [2.75, 3.05) is 39.3 Å². The number of piperazine rings is 1. The van der Waals surface area contributed by atoms with Gasteiger partial charge in [0.2, 0.25) is 0 Å². The number of nitrogens with zero attached hydrogens (tertiary/aromatic N) is 4. The van der Waals surface area contributed by atoms with Crippen LogP contribution in [0.3, 0.4) is 0 Å². The minimum absolute atomic E-state index is 0.548. The van der Waals surface area contributed by atoms with Gasteiger partial charge < -0.3 is 4.52 Å². The molecule has 0 aromatic carbocycles. The summed E-state index contributed by atoms with van der Waals surface area (Å²) in [5.41, 5.74) is 0.877. The molecule has 3 rings (SSSR count). The lowest BCUT2D eigenvalue weighted by Crippen LogP contribution is -2.52. The van der Waals surface area contributed by atoms with Gasteiger partial charge in [0, 0.05) is 45.3 Å². The van der Waals surface area contributed by atoms with Crippen LogP contribution in [0.2, 0.25) is 0 Å². The summed E-state index contributed by atoms with van der Waals surface area (Å²) in [6.45, 7) is 6.48. The van der Waals surface area contributed by atoms with Gasteiger partial charge in [0.05, 0.1) is 12.2 Å². The fourth-order valence-corrected chi connectivity index (χ4v) is 4.94. The molecule has 0 aliphatic carbocycles. The van der Waals surface area contributed by atoms with E-state index in [1.807, 2.05) is 13.0 Å². The van der Waals surface area contributed by atoms with Crippen LogP contribution in [-0.2, 0) is 16.8 Å². The van der Waals surface area contributed by atoms with E-state index in [2.05, 4.69) is 10.1 Å². The predicted molar refractivity (Wildman–Crippen MR) is 87.1 cm³/mol. The van der Waals surface area contributed by atoms with E-state index in [0.29, 0.717) is 32.7 Å².